The van der Waals surface area contributed by atoms with Crippen molar-refractivity contribution in [1.29, 1.82) is 0 Å². The van der Waals surface area contributed by atoms with Crippen molar-refractivity contribution in [3.05, 3.63) is 23.8 Å². The number of para-hydroxylation sites is 1. The number of anilines is 1. The minimum atomic E-state index is 0.138. The second-order valence-electron chi connectivity index (χ2n) is 4.22. The van der Waals surface area contributed by atoms with E-state index in [1.54, 1.807) is 7.11 Å². The predicted molar refractivity (Wildman–Crippen MR) is 60.8 cm³/mol. The van der Waals surface area contributed by atoms with Gasteiger partial charge in [0.2, 0.25) is 5.91 Å². The Kier molecular flexibility index (Phi) is 2.11. The highest BCUT2D eigenvalue weighted by Crippen LogP contribution is 2.40. The minimum Gasteiger partial charge on any atom is -0.495 e. The second-order valence-corrected chi connectivity index (χ2v) is 4.22. The molecule has 2 aliphatic rings. The zero-order valence-electron chi connectivity index (χ0n) is 9.19. The monoisotopic (exact) mass is 218 g/mol. The summed E-state index contributed by atoms with van der Waals surface area (Å²) in [5, 5.41) is 3.15. The molecule has 1 amide bonds. The molecule has 0 aromatic heterocycles. The zero-order chi connectivity index (χ0) is 11.1. The van der Waals surface area contributed by atoms with Gasteiger partial charge in [0.1, 0.15) is 5.75 Å². The first kappa shape index (κ1) is 9.66. The lowest BCUT2D eigenvalue weighted by Gasteiger charge is -2.31. The van der Waals surface area contributed by atoms with Crippen LogP contribution in [0, 0.1) is 0 Å². The highest BCUT2D eigenvalue weighted by molar-refractivity contribution is 6.00. The Labute approximate surface area is 94.2 Å². The molecule has 1 N–H and O–H groups in total. The van der Waals surface area contributed by atoms with Gasteiger partial charge < -0.3 is 15.0 Å². The molecule has 0 spiro atoms. The standard InChI is InChI=1S/C12H14N2O2/c1-16-10-4-2-3-8-5-9-6-13-7-11(15)14(9)12(8)10/h2-4,9,13H,5-7H2,1H3. The van der Waals surface area contributed by atoms with Crippen molar-refractivity contribution in [3.63, 3.8) is 0 Å². The summed E-state index contributed by atoms with van der Waals surface area (Å²) in [7, 11) is 1.65. The maximum atomic E-state index is 11.9. The number of rotatable bonds is 1. The van der Waals surface area contributed by atoms with E-state index in [9.17, 15) is 4.79 Å². The number of hydrogen-bond acceptors (Lipinski definition) is 3. The molecule has 0 saturated carbocycles. The quantitative estimate of drug-likeness (QED) is 0.748. The van der Waals surface area contributed by atoms with Crippen LogP contribution >= 0.6 is 0 Å². The third kappa shape index (κ3) is 1.23. The van der Waals surface area contributed by atoms with Crippen molar-refractivity contribution in [2.45, 2.75) is 12.5 Å². The van der Waals surface area contributed by atoms with Crippen LogP contribution in [0.25, 0.3) is 0 Å². The molecule has 0 radical (unpaired) electrons. The highest BCUT2D eigenvalue weighted by atomic mass is 16.5. The average Bonchev–Trinajstić information content (AvgIpc) is 2.68. The van der Waals surface area contributed by atoms with Gasteiger partial charge in [-0.1, -0.05) is 12.1 Å². The van der Waals surface area contributed by atoms with Crippen LogP contribution in [-0.2, 0) is 11.2 Å². The fraction of sp³-hybridized carbons (Fsp3) is 0.417. The van der Waals surface area contributed by atoms with Gasteiger partial charge in [0.15, 0.2) is 0 Å². The molecule has 1 fully saturated rings. The van der Waals surface area contributed by atoms with Crippen molar-refractivity contribution in [3.8, 4) is 5.75 Å². The van der Waals surface area contributed by atoms with Gasteiger partial charge in [0, 0.05) is 6.54 Å². The summed E-state index contributed by atoms with van der Waals surface area (Å²) in [6.07, 6.45) is 0.922. The number of fused-ring (bicyclic) bond motifs is 3. The Morgan fingerprint density at radius 2 is 2.38 bits per heavy atom. The number of ether oxygens (including phenoxy) is 1. The average molecular weight is 218 g/mol. The van der Waals surface area contributed by atoms with E-state index < -0.39 is 0 Å². The Morgan fingerprint density at radius 3 is 3.19 bits per heavy atom. The van der Waals surface area contributed by atoms with Gasteiger partial charge in [-0.05, 0) is 18.1 Å². The number of hydrogen-bond donors (Lipinski definition) is 1. The molecule has 2 heterocycles. The maximum absolute atomic E-state index is 11.9. The minimum absolute atomic E-state index is 0.138. The van der Waals surface area contributed by atoms with Crippen LogP contribution < -0.4 is 15.0 Å². The summed E-state index contributed by atoms with van der Waals surface area (Å²) in [5.74, 6) is 0.940. The molecule has 4 heteroatoms. The van der Waals surface area contributed by atoms with Crippen molar-refractivity contribution in [2.24, 2.45) is 0 Å². The van der Waals surface area contributed by atoms with E-state index in [2.05, 4.69) is 11.4 Å². The van der Waals surface area contributed by atoms with Crippen LogP contribution in [0.5, 0.6) is 5.75 Å². The summed E-state index contributed by atoms with van der Waals surface area (Å²) < 4.78 is 5.34. The molecule has 1 atom stereocenters. The molecule has 16 heavy (non-hydrogen) atoms. The molecule has 1 saturated heterocycles. The van der Waals surface area contributed by atoms with E-state index >= 15 is 0 Å². The number of benzene rings is 1. The van der Waals surface area contributed by atoms with Crippen LogP contribution in [0.1, 0.15) is 5.56 Å². The Morgan fingerprint density at radius 1 is 1.50 bits per heavy atom. The Bertz CT molecular complexity index is 445. The molecule has 3 rings (SSSR count). The summed E-state index contributed by atoms with van der Waals surface area (Å²) >= 11 is 0. The molecule has 0 bridgehead atoms. The lowest BCUT2D eigenvalue weighted by atomic mass is 10.1. The molecule has 4 nitrogen and oxygen atoms in total. The van der Waals surface area contributed by atoms with E-state index in [1.807, 2.05) is 17.0 Å². The molecule has 1 aromatic carbocycles. The van der Waals surface area contributed by atoms with Gasteiger partial charge in [0.25, 0.3) is 0 Å². The smallest absolute Gasteiger partial charge is 0.241 e. The van der Waals surface area contributed by atoms with Gasteiger partial charge in [0.05, 0.1) is 25.4 Å². The van der Waals surface area contributed by atoms with Gasteiger partial charge in [-0.3, -0.25) is 4.79 Å². The number of carbonyl (C=O) groups excluding carboxylic acids is 1. The number of carbonyl (C=O) groups is 1. The van der Waals surface area contributed by atoms with Crippen LogP contribution in [0.4, 0.5) is 5.69 Å². The Balaban J connectivity index is 2.11. The van der Waals surface area contributed by atoms with E-state index in [-0.39, 0.29) is 11.9 Å². The zero-order valence-corrected chi connectivity index (χ0v) is 9.19. The SMILES string of the molecule is COc1cccc2c1N1C(=O)CNCC1C2. The van der Waals surface area contributed by atoms with Crippen molar-refractivity contribution in [2.75, 3.05) is 25.1 Å². The maximum Gasteiger partial charge on any atom is 0.241 e. The number of amides is 1. The predicted octanol–water partition coefficient (Wildman–Crippen LogP) is 0.556. The first-order valence-corrected chi connectivity index (χ1v) is 5.50. The summed E-state index contributed by atoms with van der Waals surface area (Å²) in [6, 6.07) is 6.22. The largest absolute Gasteiger partial charge is 0.495 e. The lowest BCUT2D eigenvalue weighted by Crippen LogP contribution is -2.53. The van der Waals surface area contributed by atoms with E-state index in [1.165, 1.54) is 5.56 Å². The molecule has 1 unspecified atom stereocenters. The van der Waals surface area contributed by atoms with E-state index in [4.69, 9.17) is 4.74 Å². The molecule has 1 aromatic rings. The lowest BCUT2D eigenvalue weighted by molar-refractivity contribution is -0.119. The fourth-order valence-electron chi connectivity index (χ4n) is 2.62. The molecule has 2 aliphatic heterocycles. The third-order valence-corrected chi connectivity index (χ3v) is 3.29. The first-order chi connectivity index (χ1) is 7.81. The molecular formula is C12H14N2O2. The summed E-state index contributed by atoms with van der Waals surface area (Å²) in [4.78, 5) is 13.8. The van der Waals surface area contributed by atoms with E-state index in [0.29, 0.717) is 6.54 Å². The van der Waals surface area contributed by atoms with Crippen LogP contribution in [0.2, 0.25) is 0 Å². The van der Waals surface area contributed by atoms with Crippen molar-refractivity contribution in [1.82, 2.24) is 5.32 Å². The molecular weight excluding hydrogens is 204 g/mol. The first-order valence-electron chi connectivity index (χ1n) is 5.50. The third-order valence-electron chi connectivity index (χ3n) is 3.29. The summed E-state index contributed by atoms with van der Waals surface area (Å²) in [5.41, 5.74) is 2.18. The highest BCUT2D eigenvalue weighted by Gasteiger charge is 2.37. The number of methoxy groups -OCH3 is 1. The van der Waals surface area contributed by atoms with Gasteiger partial charge >= 0.3 is 0 Å². The Hall–Kier alpha value is -1.55. The number of piperazine rings is 1. The van der Waals surface area contributed by atoms with Crippen molar-refractivity contribution >= 4 is 11.6 Å². The number of nitrogens with zero attached hydrogens (tertiary/aromatic N) is 1. The summed E-state index contributed by atoms with van der Waals surface area (Å²) in [6.45, 7) is 1.29. The van der Waals surface area contributed by atoms with Crippen LogP contribution in [0.15, 0.2) is 18.2 Å². The van der Waals surface area contributed by atoms with Gasteiger partial charge in [-0.15, -0.1) is 0 Å². The normalized spacial score (nSPS) is 22.9. The van der Waals surface area contributed by atoms with Gasteiger partial charge in [-0.25, -0.2) is 0 Å². The fourth-order valence-corrected chi connectivity index (χ4v) is 2.62. The van der Waals surface area contributed by atoms with Crippen molar-refractivity contribution < 1.29 is 9.53 Å². The molecule has 0 aliphatic carbocycles. The topological polar surface area (TPSA) is 41.6 Å². The number of nitrogens with one attached hydrogen (secondary N) is 1. The second kappa shape index (κ2) is 3.49. The van der Waals surface area contributed by atoms with Gasteiger partial charge in [-0.2, -0.15) is 0 Å². The van der Waals surface area contributed by atoms with E-state index in [0.717, 1.165) is 24.4 Å². The molecule has 84 valence electrons. The van der Waals surface area contributed by atoms with Crippen LogP contribution in [-0.4, -0.2) is 32.1 Å². The van der Waals surface area contributed by atoms with Crippen LogP contribution in [0.3, 0.4) is 0 Å².